The molecule has 0 N–H and O–H groups in total. The highest BCUT2D eigenvalue weighted by Gasteiger charge is 2.51. The summed E-state index contributed by atoms with van der Waals surface area (Å²) in [5, 5.41) is 2.57. The summed E-state index contributed by atoms with van der Waals surface area (Å²) in [6.45, 7) is 4.75. The molecule has 0 saturated heterocycles. The third kappa shape index (κ3) is 4.55. The second kappa shape index (κ2) is 12.4. The van der Waals surface area contributed by atoms with Crippen molar-refractivity contribution in [3.8, 4) is 33.4 Å². The molecule has 0 fully saturated rings. The average Bonchev–Trinajstić information content (AvgIpc) is 3.69. The van der Waals surface area contributed by atoms with Gasteiger partial charge in [-0.1, -0.05) is 183 Å². The Morgan fingerprint density at radius 3 is 1.67 bits per heavy atom. The number of para-hydroxylation sites is 1. The second-order valence-electron chi connectivity index (χ2n) is 16.4. The lowest BCUT2D eigenvalue weighted by Crippen LogP contribution is -2.32. The van der Waals surface area contributed by atoms with Crippen LogP contribution in [0.3, 0.4) is 0 Å². The first-order valence-corrected chi connectivity index (χ1v) is 21.1. The highest BCUT2D eigenvalue weighted by atomic mass is 32.2. The van der Waals surface area contributed by atoms with Crippen molar-refractivity contribution in [2.45, 2.75) is 34.5 Å². The molecule has 0 saturated carbocycles. The Bertz CT molecular complexity index is 3090. The van der Waals surface area contributed by atoms with Crippen LogP contribution in [0.1, 0.15) is 47.2 Å². The van der Waals surface area contributed by atoms with E-state index in [1.165, 1.54) is 87.3 Å². The standard InChI is InChI=1S/C56H39NS/c1-55(2)46-22-10-8-21-42(46)43-32-29-38(34-49(43)55)57(51-25-13-9-19-40(51)36-16-4-3-5-17-36)39-30-33-44-45-31-28-37-18-6-7-20-41(37)54(45)56(50(44)35-39)47-23-11-14-26-52(47)58-53-27-15-12-24-48(53)56/h3-35H,1-2H3. The van der Waals surface area contributed by atoms with Gasteiger partial charge in [0.25, 0.3) is 0 Å². The van der Waals surface area contributed by atoms with Gasteiger partial charge in [-0.15, -0.1) is 0 Å². The van der Waals surface area contributed by atoms with E-state index >= 15 is 0 Å². The van der Waals surface area contributed by atoms with Gasteiger partial charge in [-0.05, 0) is 114 Å². The molecule has 9 aromatic rings. The fourth-order valence-electron chi connectivity index (χ4n) is 10.6. The van der Waals surface area contributed by atoms with E-state index in [-0.39, 0.29) is 5.41 Å². The number of nitrogens with zero attached hydrogens (tertiary/aromatic N) is 1. The minimum Gasteiger partial charge on any atom is -0.310 e. The molecule has 0 amide bonds. The van der Waals surface area contributed by atoms with E-state index in [1.54, 1.807) is 0 Å². The van der Waals surface area contributed by atoms with Crippen molar-refractivity contribution in [1.82, 2.24) is 0 Å². The normalized spacial score (nSPS) is 14.6. The minimum atomic E-state index is -0.522. The summed E-state index contributed by atoms with van der Waals surface area (Å²) >= 11 is 1.90. The van der Waals surface area contributed by atoms with E-state index in [9.17, 15) is 0 Å². The van der Waals surface area contributed by atoms with Gasteiger partial charge >= 0.3 is 0 Å². The fraction of sp³-hybridized carbons (Fsp3) is 0.0714. The number of anilines is 3. The summed E-state index contributed by atoms with van der Waals surface area (Å²) in [7, 11) is 0. The first-order chi connectivity index (χ1) is 28.5. The molecule has 3 aliphatic rings. The van der Waals surface area contributed by atoms with Crippen molar-refractivity contribution in [1.29, 1.82) is 0 Å². The van der Waals surface area contributed by atoms with E-state index < -0.39 is 5.41 Å². The molecule has 0 aromatic heterocycles. The van der Waals surface area contributed by atoms with Gasteiger partial charge in [0.15, 0.2) is 0 Å². The quantitative estimate of drug-likeness (QED) is 0.176. The van der Waals surface area contributed by atoms with Crippen molar-refractivity contribution in [2.75, 3.05) is 4.90 Å². The Balaban J connectivity index is 1.17. The maximum absolute atomic E-state index is 2.53. The number of benzene rings is 9. The molecule has 274 valence electrons. The number of rotatable bonds is 4. The van der Waals surface area contributed by atoms with Crippen LogP contribution in [0.2, 0.25) is 0 Å². The van der Waals surface area contributed by atoms with E-state index in [2.05, 4.69) is 219 Å². The third-order valence-corrected chi connectivity index (χ3v) is 14.3. The van der Waals surface area contributed by atoms with Crippen LogP contribution < -0.4 is 4.90 Å². The summed E-state index contributed by atoms with van der Waals surface area (Å²) in [5.74, 6) is 0. The van der Waals surface area contributed by atoms with Crippen LogP contribution in [0.15, 0.2) is 210 Å². The van der Waals surface area contributed by atoms with E-state index in [1.807, 2.05) is 11.8 Å². The highest BCUT2D eigenvalue weighted by Crippen LogP contribution is 2.64. The number of fused-ring (bicyclic) bond motifs is 14. The summed E-state index contributed by atoms with van der Waals surface area (Å²) < 4.78 is 0. The molecular formula is C56H39NS. The Morgan fingerprint density at radius 1 is 0.397 bits per heavy atom. The van der Waals surface area contributed by atoms with Crippen LogP contribution in [0.4, 0.5) is 17.1 Å². The van der Waals surface area contributed by atoms with Crippen LogP contribution in [0.25, 0.3) is 44.2 Å². The van der Waals surface area contributed by atoms with Gasteiger partial charge in [-0.25, -0.2) is 0 Å². The molecule has 1 aliphatic heterocycles. The van der Waals surface area contributed by atoms with Gasteiger partial charge in [-0.3, -0.25) is 0 Å². The zero-order valence-corrected chi connectivity index (χ0v) is 33.2. The fourth-order valence-corrected chi connectivity index (χ4v) is 11.8. The van der Waals surface area contributed by atoms with Crippen LogP contribution >= 0.6 is 11.8 Å². The molecule has 0 unspecified atom stereocenters. The predicted molar refractivity (Wildman–Crippen MR) is 243 cm³/mol. The van der Waals surface area contributed by atoms with Crippen molar-refractivity contribution in [3.05, 3.63) is 234 Å². The maximum Gasteiger partial charge on any atom is 0.0742 e. The molecule has 2 aliphatic carbocycles. The largest absolute Gasteiger partial charge is 0.310 e. The molecule has 0 atom stereocenters. The zero-order chi connectivity index (χ0) is 38.6. The summed E-state index contributed by atoms with van der Waals surface area (Å²) in [5.41, 5.74) is 18.6. The first kappa shape index (κ1) is 33.5. The van der Waals surface area contributed by atoms with Crippen molar-refractivity contribution >= 4 is 39.6 Å². The van der Waals surface area contributed by atoms with E-state index in [0.29, 0.717) is 0 Å². The molecule has 0 bridgehead atoms. The Kier molecular flexibility index (Phi) is 7.19. The molecule has 9 aromatic carbocycles. The Hall–Kier alpha value is -6.61. The van der Waals surface area contributed by atoms with Gasteiger partial charge in [0.1, 0.15) is 0 Å². The van der Waals surface area contributed by atoms with Crippen molar-refractivity contribution in [2.24, 2.45) is 0 Å². The third-order valence-electron chi connectivity index (χ3n) is 13.1. The number of hydrogen-bond donors (Lipinski definition) is 0. The molecule has 1 heterocycles. The lowest BCUT2D eigenvalue weighted by atomic mass is 9.66. The lowest BCUT2D eigenvalue weighted by molar-refractivity contribution is 0.660. The van der Waals surface area contributed by atoms with Gasteiger partial charge in [0, 0.05) is 32.1 Å². The minimum absolute atomic E-state index is 0.134. The summed E-state index contributed by atoms with van der Waals surface area (Å²) in [4.78, 5) is 5.14. The van der Waals surface area contributed by atoms with Crippen molar-refractivity contribution < 1.29 is 0 Å². The van der Waals surface area contributed by atoms with Gasteiger partial charge in [0.2, 0.25) is 0 Å². The van der Waals surface area contributed by atoms with Gasteiger partial charge in [-0.2, -0.15) is 0 Å². The highest BCUT2D eigenvalue weighted by molar-refractivity contribution is 7.99. The van der Waals surface area contributed by atoms with E-state index in [0.717, 1.165) is 17.1 Å². The smallest absolute Gasteiger partial charge is 0.0742 e. The summed E-state index contributed by atoms with van der Waals surface area (Å²) in [6.07, 6.45) is 0. The maximum atomic E-state index is 2.53. The first-order valence-electron chi connectivity index (χ1n) is 20.3. The van der Waals surface area contributed by atoms with Gasteiger partial charge < -0.3 is 4.90 Å². The van der Waals surface area contributed by atoms with E-state index in [4.69, 9.17) is 0 Å². The average molecular weight is 758 g/mol. The SMILES string of the molecule is CC1(C)c2ccccc2-c2ccc(N(c3ccc4c(c3)C3(c5ccccc5Sc5ccccc53)c3c-4ccc4ccccc34)c3ccccc3-c3ccccc3)cc21. The van der Waals surface area contributed by atoms with Crippen LogP contribution in [-0.2, 0) is 10.8 Å². The van der Waals surface area contributed by atoms with Gasteiger partial charge in [0.05, 0.1) is 11.1 Å². The topological polar surface area (TPSA) is 3.24 Å². The molecule has 2 heteroatoms. The molecule has 58 heavy (non-hydrogen) atoms. The molecule has 1 nitrogen and oxygen atoms in total. The zero-order valence-electron chi connectivity index (χ0n) is 32.4. The molecular weight excluding hydrogens is 719 g/mol. The second-order valence-corrected chi connectivity index (χ2v) is 17.5. The number of hydrogen-bond acceptors (Lipinski definition) is 2. The molecule has 0 radical (unpaired) electrons. The Labute approximate surface area is 344 Å². The summed E-state index contributed by atoms with van der Waals surface area (Å²) in [6, 6.07) is 75.1. The van der Waals surface area contributed by atoms with Crippen LogP contribution in [0.5, 0.6) is 0 Å². The molecule has 1 spiro atoms. The molecule has 12 rings (SSSR count). The lowest BCUT2D eigenvalue weighted by Gasteiger charge is -2.40. The predicted octanol–water partition coefficient (Wildman–Crippen LogP) is 15.1. The van der Waals surface area contributed by atoms with Crippen LogP contribution in [0, 0.1) is 0 Å². The van der Waals surface area contributed by atoms with Crippen molar-refractivity contribution in [3.63, 3.8) is 0 Å². The monoisotopic (exact) mass is 757 g/mol. The van der Waals surface area contributed by atoms with Crippen LogP contribution in [-0.4, -0.2) is 0 Å². The Morgan fingerprint density at radius 2 is 0.931 bits per heavy atom.